The molecule has 0 amide bonds. The summed E-state index contributed by atoms with van der Waals surface area (Å²) in [5.74, 6) is 1.28. The van der Waals surface area contributed by atoms with Gasteiger partial charge in [-0.25, -0.2) is 18.4 Å². The highest BCUT2D eigenvalue weighted by molar-refractivity contribution is 7.92. The number of hydrogen-bond acceptors (Lipinski definition) is 9. The lowest BCUT2D eigenvalue weighted by atomic mass is 9.93. The molecule has 11 heteroatoms. The number of piperidine rings is 1. The Balaban J connectivity index is 0.000000429. The molecular weight excluding hydrogens is 492 g/mol. The average Bonchev–Trinajstić information content (AvgIpc) is 3.63. The molecule has 9 nitrogen and oxygen atoms in total. The summed E-state index contributed by atoms with van der Waals surface area (Å²) in [6.45, 7) is 9.85. The predicted octanol–water partition coefficient (Wildman–Crippen LogP) is 2.88. The minimum absolute atomic E-state index is 0.0397. The Bertz CT molecular complexity index is 980. The maximum atomic E-state index is 13.5. The van der Waals surface area contributed by atoms with Crippen molar-refractivity contribution < 1.29 is 22.7 Å². The van der Waals surface area contributed by atoms with Gasteiger partial charge in [0.1, 0.15) is 16.2 Å². The van der Waals surface area contributed by atoms with E-state index in [0.29, 0.717) is 76.1 Å². The van der Waals surface area contributed by atoms with Crippen LogP contribution in [-0.2, 0) is 28.9 Å². The molecule has 1 N–H and O–H groups in total. The molecule has 0 spiro atoms. The van der Waals surface area contributed by atoms with Gasteiger partial charge in [0.05, 0.1) is 24.7 Å². The number of carbonyl (C=O) groups is 1. The number of allylic oxidation sites excluding steroid dienone is 1. The number of halogens is 1. The number of ether oxygens (including phenoxy) is 2. The number of rotatable bonds is 7. The van der Waals surface area contributed by atoms with Crippen molar-refractivity contribution in [2.45, 2.75) is 56.8 Å². The number of nitrogens with zero attached hydrogens (tertiary/aromatic N) is 3. The first kappa shape index (κ1) is 27.8. The Labute approximate surface area is 213 Å². The van der Waals surface area contributed by atoms with Gasteiger partial charge >= 0.3 is 0 Å². The van der Waals surface area contributed by atoms with Gasteiger partial charge in [0, 0.05) is 19.2 Å². The molecule has 196 valence electrons. The van der Waals surface area contributed by atoms with Crippen molar-refractivity contribution in [1.29, 1.82) is 0 Å². The second kappa shape index (κ2) is 12.0. The van der Waals surface area contributed by atoms with Gasteiger partial charge in [-0.1, -0.05) is 12.2 Å². The second-order valence-corrected chi connectivity index (χ2v) is 12.8. The van der Waals surface area contributed by atoms with E-state index in [-0.39, 0.29) is 16.6 Å². The van der Waals surface area contributed by atoms with E-state index in [1.54, 1.807) is 0 Å². The fraction of sp³-hybridized carbons (Fsp3) is 0.708. The SMILES string of the molecule is CC(C)(C)OC=O.O=S(=O)(CC=CC1CC1)C1(c2cc(N3CCOCC3)nc(Cl)n2)CCNCC1. The molecule has 1 aromatic rings. The van der Waals surface area contributed by atoms with Crippen molar-refractivity contribution in [3.8, 4) is 0 Å². The lowest BCUT2D eigenvalue weighted by Gasteiger charge is -2.37. The third-order valence-electron chi connectivity index (χ3n) is 6.24. The molecule has 0 bridgehead atoms. The zero-order valence-corrected chi connectivity index (χ0v) is 22.4. The summed E-state index contributed by atoms with van der Waals surface area (Å²) in [4.78, 5) is 20.4. The van der Waals surface area contributed by atoms with Crippen molar-refractivity contribution in [1.82, 2.24) is 15.3 Å². The number of aromatic nitrogens is 2. The lowest BCUT2D eigenvalue weighted by molar-refractivity contribution is -0.138. The van der Waals surface area contributed by atoms with Gasteiger partial charge in [-0.3, -0.25) is 4.79 Å². The van der Waals surface area contributed by atoms with Crippen molar-refractivity contribution in [3.05, 3.63) is 29.2 Å². The normalized spacial score (nSPS) is 20.7. The third kappa shape index (κ3) is 7.87. The molecule has 2 saturated heterocycles. The molecular formula is C24H37ClN4O5S. The van der Waals surface area contributed by atoms with Gasteiger partial charge in [0.25, 0.3) is 6.47 Å². The van der Waals surface area contributed by atoms with Crippen LogP contribution in [0.2, 0.25) is 5.28 Å². The molecule has 0 atom stereocenters. The summed E-state index contributed by atoms with van der Waals surface area (Å²) in [5, 5.41) is 3.37. The van der Waals surface area contributed by atoms with E-state index in [9.17, 15) is 13.2 Å². The molecule has 0 unspecified atom stereocenters. The van der Waals surface area contributed by atoms with Crippen LogP contribution < -0.4 is 10.2 Å². The van der Waals surface area contributed by atoms with Gasteiger partial charge in [0.2, 0.25) is 5.28 Å². The standard InChI is InChI=1S/C19H27ClN4O3S.C5H10O2/c20-18-22-16(14-17(23-18)24-9-11-27-12-10-24)19(5-7-21-8-6-19)28(25,26)13-1-2-15-3-4-15;1-5(2,3)7-4-6/h1-2,14-15,21H,3-13H2;4H,1-3H3. The fourth-order valence-corrected chi connectivity index (χ4v) is 6.23. The zero-order chi connectivity index (χ0) is 25.5. The van der Waals surface area contributed by atoms with Crippen LogP contribution in [0.3, 0.4) is 0 Å². The first-order valence-electron chi connectivity index (χ1n) is 12.2. The summed E-state index contributed by atoms with van der Waals surface area (Å²) >= 11 is 6.25. The number of morpholine rings is 1. The van der Waals surface area contributed by atoms with Crippen LogP contribution in [-0.4, -0.2) is 75.6 Å². The van der Waals surface area contributed by atoms with Gasteiger partial charge < -0.3 is 19.7 Å². The van der Waals surface area contributed by atoms with Crippen LogP contribution in [0.25, 0.3) is 0 Å². The predicted molar refractivity (Wildman–Crippen MR) is 136 cm³/mol. The van der Waals surface area contributed by atoms with E-state index >= 15 is 0 Å². The molecule has 3 heterocycles. The molecule has 4 rings (SSSR count). The topological polar surface area (TPSA) is 111 Å². The van der Waals surface area contributed by atoms with Crippen molar-refractivity contribution in [2.24, 2.45) is 5.92 Å². The van der Waals surface area contributed by atoms with E-state index in [1.165, 1.54) is 0 Å². The van der Waals surface area contributed by atoms with Crippen molar-refractivity contribution in [2.75, 3.05) is 50.0 Å². The summed E-state index contributed by atoms with van der Waals surface area (Å²) in [6, 6.07) is 1.82. The van der Waals surface area contributed by atoms with Gasteiger partial charge in [0.15, 0.2) is 9.84 Å². The van der Waals surface area contributed by atoms with Crippen molar-refractivity contribution >= 4 is 33.7 Å². The lowest BCUT2D eigenvalue weighted by Crippen LogP contribution is -2.47. The first-order valence-corrected chi connectivity index (χ1v) is 14.2. The summed E-state index contributed by atoms with van der Waals surface area (Å²) in [6.07, 6.45) is 7.16. The molecule has 3 aliphatic rings. The molecule has 0 radical (unpaired) electrons. The number of hydrogen-bond donors (Lipinski definition) is 1. The van der Waals surface area contributed by atoms with E-state index in [4.69, 9.17) is 16.3 Å². The quantitative estimate of drug-likeness (QED) is 0.324. The Hall–Kier alpha value is -1.75. The number of carbonyl (C=O) groups excluding carboxylic acids is 1. The number of nitrogens with one attached hydrogen (secondary N) is 1. The molecule has 35 heavy (non-hydrogen) atoms. The van der Waals surface area contributed by atoms with Crippen LogP contribution in [0.5, 0.6) is 0 Å². The highest BCUT2D eigenvalue weighted by Crippen LogP contribution is 2.40. The summed E-state index contributed by atoms with van der Waals surface area (Å²) in [7, 11) is -3.45. The smallest absolute Gasteiger partial charge is 0.293 e. The van der Waals surface area contributed by atoms with Crippen LogP contribution in [0.4, 0.5) is 5.82 Å². The number of sulfone groups is 1. The molecule has 1 aliphatic carbocycles. The monoisotopic (exact) mass is 528 g/mol. The Morgan fingerprint density at radius 1 is 1.23 bits per heavy atom. The summed E-state index contributed by atoms with van der Waals surface area (Å²) in [5.41, 5.74) is 0.206. The Kier molecular flexibility index (Phi) is 9.53. The van der Waals surface area contributed by atoms with Crippen LogP contribution >= 0.6 is 11.6 Å². The minimum atomic E-state index is -3.45. The fourth-order valence-electron chi connectivity index (χ4n) is 4.12. The molecule has 2 aliphatic heterocycles. The average molecular weight is 529 g/mol. The van der Waals surface area contributed by atoms with Crippen LogP contribution in [0.15, 0.2) is 18.2 Å². The van der Waals surface area contributed by atoms with E-state index in [2.05, 4.69) is 24.9 Å². The highest BCUT2D eigenvalue weighted by atomic mass is 35.5. The van der Waals surface area contributed by atoms with E-state index < -0.39 is 14.6 Å². The van der Waals surface area contributed by atoms with Crippen LogP contribution in [0.1, 0.15) is 52.1 Å². The first-order chi connectivity index (χ1) is 16.6. The number of anilines is 1. The van der Waals surface area contributed by atoms with Crippen molar-refractivity contribution in [3.63, 3.8) is 0 Å². The van der Waals surface area contributed by atoms with Gasteiger partial charge in [-0.15, -0.1) is 0 Å². The molecule has 1 saturated carbocycles. The van der Waals surface area contributed by atoms with Crippen LogP contribution in [0, 0.1) is 5.92 Å². The Morgan fingerprint density at radius 2 is 1.89 bits per heavy atom. The second-order valence-electron chi connectivity index (χ2n) is 10.1. The Morgan fingerprint density at radius 3 is 2.43 bits per heavy atom. The van der Waals surface area contributed by atoms with Gasteiger partial charge in [-0.05, 0) is 77.1 Å². The molecule has 0 aromatic carbocycles. The summed E-state index contributed by atoms with van der Waals surface area (Å²) < 4.78 is 35.9. The van der Waals surface area contributed by atoms with E-state index in [0.717, 1.165) is 12.8 Å². The minimum Gasteiger partial charge on any atom is -0.462 e. The highest BCUT2D eigenvalue weighted by Gasteiger charge is 2.47. The van der Waals surface area contributed by atoms with Gasteiger partial charge in [-0.2, -0.15) is 0 Å². The molecule has 1 aromatic heterocycles. The van der Waals surface area contributed by atoms with E-state index in [1.807, 2.05) is 39.0 Å². The largest absolute Gasteiger partial charge is 0.462 e. The maximum absolute atomic E-state index is 13.5. The molecule has 3 fully saturated rings. The third-order valence-corrected chi connectivity index (χ3v) is 8.85. The maximum Gasteiger partial charge on any atom is 0.293 e. The zero-order valence-electron chi connectivity index (χ0n) is 20.8.